The fourth-order valence-corrected chi connectivity index (χ4v) is 0.170. The third kappa shape index (κ3) is 7.45. The van der Waals surface area contributed by atoms with Crippen molar-refractivity contribution in [2.45, 2.75) is 6.92 Å². The van der Waals surface area contributed by atoms with E-state index in [9.17, 15) is 0 Å². The van der Waals surface area contributed by atoms with E-state index in [4.69, 9.17) is 10.5 Å². The van der Waals surface area contributed by atoms with Crippen molar-refractivity contribution < 1.29 is 29.6 Å². The molecule has 0 aromatic rings. The minimum atomic E-state index is 0. The summed E-state index contributed by atoms with van der Waals surface area (Å²) in [6, 6.07) is 0. The SMILES string of the molecule is CC(=NC#N)[N-]C#N.[Na+]. The summed E-state index contributed by atoms with van der Waals surface area (Å²) in [4.78, 5) is 3.15. The van der Waals surface area contributed by atoms with Gasteiger partial charge in [0, 0.05) is 12.0 Å². The number of hydrogen-bond acceptors (Lipinski definition) is 3. The first-order chi connectivity index (χ1) is 3.81. The second-order valence-corrected chi connectivity index (χ2v) is 0.971. The summed E-state index contributed by atoms with van der Waals surface area (Å²) >= 11 is 0. The first kappa shape index (κ1) is 11.3. The molecule has 0 saturated heterocycles. The van der Waals surface area contributed by atoms with E-state index in [1.807, 2.05) is 0 Å². The molecule has 0 saturated carbocycles. The molecular weight excluding hydrogens is 127 g/mol. The van der Waals surface area contributed by atoms with Crippen LogP contribution in [0.3, 0.4) is 0 Å². The fourth-order valence-electron chi connectivity index (χ4n) is 0.170. The molecule has 5 heteroatoms. The molecule has 0 radical (unpaired) electrons. The van der Waals surface area contributed by atoms with Crippen molar-refractivity contribution in [2.24, 2.45) is 4.99 Å². The van der Waals surface area contributed by atoms with E-state index >= 15 is 0 Å². The number of amidine groups is 1. The zero-order chi connectivity index (χ0) is 6.41. The third-order valence-corrected chi connectivity index (χ3v) is 0.424. The molecule has 0 aromatic carbocycles. The van der Waals surface area contributed by atoms with Crippen molar-refractivity contribution in [1.82, 2.24) is 0 Å². The van der Waals surface area contributed by atoms with Gasteiger partial charge in [0.15, 0.2) is 0 Å². The Hall–Kier alpha value is -0.550. The Labute approximate surface area is 75.5 Å². The Morgan fingerprint density at radius 3 is 2.44 bits per heavy atom. The molecule has 0 unspecified atom stereocenters. The predicted octanol–water partition coefficient (Wildman–Crippen LogP) is -2.26. The van der Waals surface area contributed by atoms with Gasteiger partial charge in [-0.2, -0.15) is 5.26 Å². The third-order valence-electron chi connectivity index (χ3n) is 0.424. The van der Waals surface area contributed by atoms with Crippen LogP contribution in [0.5, 0.6) is 0 Å². The molecule has 0 heterocycles. The van der Waals surface area contributed by atoms with Gasteiger partial charge in [-0.25, -0.2) is 0 Å². The van der Waals surface area contributed by atoms with Crippen LogP contribution in [0, 0.1) is 22.9 Å². The Morgan fingerprint density at radius 1 is 1.56 bits per heavy atom. The summed E-state index contributed by atoms with van der Waals surface area (Å²) in [6.45, 7) is 1.48. The molecule has 0 amide bonds. The van der Waals surface area contributed by atoms with Crippen molar-refractivity contribution in [3.63, 3.8) is 0 Å². The molecule has 0 fully saturated rings. The first-order valence-electron chi connectivity index (χ1n) is 1.84. The summed E-state index contributed by atoms with van der Waals surface area (Å²) in [5.74, 6) is 0.190. The maximum absolute atomic E-state index is 7.86. The number of nitrogens with zero attached hydrogens (tertiary/aromatic N) is 4. The summed E-state index contributed by atoms with van der Waals surface area (Å²) < 4.78 is 0. The van der Waals surface area contributed by atoms with Crippen LogP contribution in [-0.2, 0) is 0 Å². The zero-order valence-corrected chi connectivity index (χ0v) is 7.29. The number of rotatable bonds is 0. The Bertz CT molecular complexity index is 172. The molecule has 0 aliphatic rings. The molecule has 0 bridgehead atoms. The summed E-state index contributed by atoms with van der Waals surface area (Å²) in [6.07, 6.45) is 2.99. The van der Waals surface area contributed by atoms with Gasteiger partial charge in [0.05, 0.1) is 0 Å². The van der Waals surface area contributed by atoms with Gasteiger partial charge < -0.3 is 10.6 Å². The number of nitriles is 2. The maximum atomic E-state index is 7.86. The van der Waals surface area contributed by atoms with Gasteiger partial charge in [-0.3, -0.25) is 4.99 Å². The number of aliphatic imine (C=N–C) groups is 1. The molecule has 40 valence electrons. The van der Waals surface area contributed by atoms with Crippen molar-refractivity contribution in [1.29, 1.82) is 10.5 Å². The predicted molar refractivity (Wildman–Crippen MR) is 27.7 cm³/mol. The van der Waals surface area contributed by atoms with Crippen LogP contribution in [-0.4, -0.2) is 5.84 Å². The van der Waals surface area contributed by atoms with Crippen LogP contribution in [0.15, 0.2) is 4.99 Å². The van der Waals surface area contributed by atoms with Crippen LogP contribution in [0.2, 0.25) is 0 Å². The van der Waals surface area contributed by atoms with Crippen molar-refractivity contribution in [2.75, 3.05) is 0 Å². The summed E-state index contributed by atoms with van der Waals surface area (Å²) in [7, 11) is 0. The van der Waals surface area contributed by atoms with E-state index in [-0.39, 0.29) is 35.4 Å². The molecule has 0 aliphatic carbocycles. The van der Waals surface area contributed by atoms with E-state index < -0.39 is 0 Å². The van der Waals surface area contributed by atoms with Gasteiger partial charge >= 0.3 is 29.6 Å². The van der Waals surface area contributed by atoms with Gasteiger partial charge in [-0.1, -0.05) is 0 Å². The molecule has 4 nitrogen and oxygen atoms in total. The fraction of sp³-hybridized carbons (Fsp3) is 0.250. The van der Waals surface area contributed by atoms with Gasteiger partial charge in [-0.05, 0) is 6.92 Å². The van der Waals surface area contributed by atoms with Gasteiger partial charge in [0.1, 0.15) is 6.19 Å². The normalized spacial score (nSPS) is 8.11. The molecule has 0 rings (SSSR count). The van der Waals surface area contributed by atoms with E-state index in [1.165, 1.54) is 19.3 Å². The van der Waals surface area contributed by atoms with E-state index in [2.05, 4.69) is 10.3 Å². The van der Waals surface area contributed by atoms with Crippen LogP contribution < -0.4 is 29.6 Å². The quantitative estimate of drug-likeness (QED) is 0.161. The Kier molecular flexibility index (Phi) is 9.33. The van der Waals surface area contributed by atoms with E-state index in [0.717, 1.165) is 0 Å². The second-order valence-electron chi connectivity index (χ2n) is 0.971. The van der Waals surface area contributed by atoms with Crippen molar-refractivity contribution >= 4 is 5.84 Å². The monoisotopic (exact) mass is 130 g/mol. The molecule has 9 heavy (non-hydrogen) atoms. The number of hydrogen-bond donors (Lipinski definition) is 0. The van der Waals surface area contributed by atoms with Crippen LogP contribution in [0.25, 0.3) is 5.32 Å². The van der Waals surface area contributed by atoms with E-state index in [1.54, 1.807) is 0 Å². The second kappa shape index (κ2) is 7.45. The molecule has 0 aliphatic heterocycles. The topological polar surface area (TPSA) is 74.0 Å². The van der Waals surface area contributed by atoms with Gasteiger partial charge in [0.25, 0.3) is 0 Å². The maximum Gasteiger partial charge on any atom is 1.00 e. The average molecular weight is 130 g/mol. The van der Waals surface area contributed by atoms with Crippen LogP contribution >= 0.6 is 0 Å². The summed E-state index contributed by atoms with van der Waals surface area (Å²) in [5.41, 5.74) is 0. The Morgan fingerprint density at radius 2 is 2.11 bits per heavy atom. The Balaban J connectivity index is 0. The van der Waals surface area contributed by atoms with Crippen LogP contribution in [0.4, 0.5) is 0 Å². The molecule has 0 aromatic heterocycles. The largest absolute Gasteiger partial charge is 1.00 e. The minimum Gasteiger partial charge on any atom is -0.386 e. The van der Waals surface area contributed by atoms with E-state index in [0.29, 0.717) is 0 Å². The van der Waals surface area contributed by atoms with Crippen molar-refractivity contribution in [3.05, 3.63) is 5.32 Å². The molecule has 0 atom stereocenters. The average Bonchev–Trinajstić information content (AvgIpc) is 1.68. The van der Waals surface area contributed by atoms with Crippen molar-refractivity contribution in [3.8, 4) is 12.4 Å². The molecule has 0 spiro atoms. The summed E-state index contributed by atoms with van der Waals surface area (Å²) in [5, 5.41) is 18.9. The minimum absolute atomic E-state index is 0. The first-order valence-corrected chi connectivity index (χ1v) is 1.84. The van der Waals surface area contributed by atoms with Gasteiger partial charge in [-0.15, -0.1) is 0 Å². The van der Waals surface area contributed by atoms with Gasteiger partial charge in [0.2, 0.25) is 0 Å². The molecule has 0 N–H and O–H groups in total. The zero-order valence-electron chi connectivity index (χ0n) is 5.29. The van der Waals surface area contributed by atoms with Crippen LogP contribution in [0.1, 0.15) is 6.92 Å². The smallest absolute Gasteiger partial charge is 0.386 e. The molecular formula is C4H3N4Na. The standard InChI is InChI=1S/C4H3N4.Na/c1-4(7-2-5)8-3-6;/h1H3;/q-1;+1.